The molecule has 0 heteroatoms. The second kappa shape index (κ2) is 7.78. The van der Waals surface area contributed by atoms with Gasteiger partial charge in [0, 0.05) is 24.6 Å². The number of hydrogen-bond acceptors (Lipinski definition) is 0. The third kappa shape index (κ3) is 4.06. The number of rotatable bonds is 5. The van der Waals surface area contributed by atoms with Crippen LogP contribution in [0.15, 0.2) is 109 Å². The summed E-state index contributed by atoms with van der Waals surface area (Å²) in [6.07, 6.45) is 13.4. The minimum atomic E-state index is 0.928. The van der Waals surface area contributed by atoms with E-state index in [1.807, 2.05) is 12.2 Å². The smallest absolute Gasteiger partial charge is 0.0622 e. The second-order valence-corrected chi connectivity index (χ2v) is 6.62. The van der Waals surface area contributed by atoms with Gasteiger partial charge in [-0.25, -0.2) is 0 Å². The highest BCUT2D eigenvalue weighted by Gasteiger charge is 2.06. The first-order valence-electron chi connectivity index (χ1n) is 9.04. The maximum Gasteiger partial charge on any atom is 0.120 e. The number of benzene rings is 3. The molecule has 0 saturated heterocycles. The Bertz CT molecular complexity index is 937. The zero-order valence-electron chi connectivity index (χ0n) is 14.7. The van der Waals surface area contributed by atoms with Crippen LogP contribution in [0.2, 0.25) is 0 Å². The normalized spacial score (nSPS) is 12.5. The van der Waals surface area contributed by atoms with Crippen molar-refractivity contribution in [3.8, 4) is 11.1 Å². The van der Waals surface area contributed by atoms with E-state index in [1.165, 1.54) is 33.4 Å². The summed E-state index contributed by atoms with van der Waals surface area (Å²) >= 11 is 0. The van der Waals surface area contributed by atoms with Gasteiger partial charge in [0.2, 0.25) is 0 Å². The highest BCUT2D eigenvalue weighted by Crippen LogP contribution is 2.22. The van der Waals surface area contributed by atoms with Crippen LogP contribution >= 0.6 is 0 Å². The maximum atomic E-state index is 3.29. The lowest BCUT2D eigenvalue weighted by Crippen LogP contribution is -1.90. The molecule has 3 aromatic rings. The molecule has 0 radical (unpaired) electrons. The largest absolute Gasteiger partial charge is 0.120 e. The zero-order valence-corrected chi connectivity index (χ0v) is 14.7. The lowest BCUT2D eigenvalue weighted by atomic mass is 9.97. The van der Waals surface area contributed by atoms with E-state index in [4.69, 9.17) is 0 Å². The first-order chi connectivity index (χ1) is 12.9. The van der Waals surface area contributed by atoms with E-state index in [-0.39, 0.29) is 0 Å². The van der Waals surface area contributed by atoms with Crippen LogP contribution in [0.25, 0.3) is 11.1 Å². The Morgan fingerprint density at radius 1 is 0.538 bits per heavy atom. The first kappa shape index (κ1) is 16.3. The molecule has 26 heavy (non-hydrogen) atoms. The van der Waals surface area contributed by atoms with Gasteiger partial charge in [0.25, 0.3) is 0 Å². The Morgan fingerprint density at radius 2 is 1.12 bits per heavy atom. The van der Waals surface area contributed by atoms with Gasteiger partial charge in [-0.1, -0.05) is 78.9 Å². The van der Waals surface area contributed by atoms with Gasteiger partial charge in [0.1, 0.15) is 11.6 Å². The van der Waals surface area contributed by atoms with Crippen molar-refractivity contribution in [2.75, 3.05) is 0 Å². The molecule has 0 saturated carbocycles. The highest BCUT2D eigenvalue weighted by atomic mass is 14.1. The molecule has 0 bridgehead atoms. The summed E-state index contributed by atoms with van der Waals surface area (Å²) in [5.74, 6) is 0. The maximum absolute atomic E-state index is 3.29. The summed E-state index contributed by atoms with van der Waals surface area (Å²) in [7, 11) is 0. The standard InChI is InChI=1S/C26H21/c1-3-7-21(8-4-1)19-23-11-15-25(16-12-23)26-17-13-24(14-18-26)20-22-9-5-2-6-10-22/h1-9,11-18H,19-20H2/q+1. The fourth-order valence-corrected chi connectivity index (χ4v) is 3.22. The molecular weight excluding hydrogens is 312 g/mol. The zero-order chi connectivity index (χ0) is 17.6. The Hall–Kier alpha value is -3.21. The van der Waals surface area contributed by atoms with Crippen molar-refractivity contribution in [3.05, 3.63) is 132 Å². The Balaban J connectivity index is 1.45. The van der Waals surface area contributed by atoms with Crippen molar-refractivity contribution in [3.63, 3.8) is 0 Å². The number of hydrogen-bond donors (Lipinski definition) is 0. The van der Waals surface area contributed by atoms with Crippen LogP contribution in [0.1, 0.15) is 16.7 Å². The SMILES string of the molecule is [C+]1=CC=CC=C1Cc1ccc(-c2ccc(Cc3ccccc3)cc2)cc1. The second-order valence-electron chi connectivity index (χ2n) is 6.62. The average molecular weight is 333 g/mol. The summed E-state index contributed by atoms with van der Waals surface area (Å²) in [6, 6.07) is 28.4. The van der Waals surface area contributed by atoms with Crippen molar-refractivity contribution in [1.29, 1.82) is 0 Å². The molecule has 0 aromatic heterocycles. The van der Waals surface area contributed by atoms with Crippen molar-refractivity contribution in [2.45, 2.75) is 12.8 Å². The van der Waals surface area contributed by atoms with E-state index in [0.29, 0.717) is 0 Å². The van der Waals surface area contributed by atoms with E-state index in [0.717, 1.165) is 12.8 Å². The lowest BCUT2D eigenvalue weighted by Gasteiger charge is -2.06. The van der Waals surface area contributed by atoms with E-state index in [9.17, 15) is 0 Å². The summed E-state index contributed by atoms with van der Waals surface area (Å²) in [6.45, 7) is 0. The van der Waals surface area contributed by atoms with Crippen molar-refractivity contribution in [1.82, 2.24) is 0 Å². The van der Waals surface area contributed by atoms with Crippen LogP contribution in [0, 0.1) is 6.08 Å². The molecule has 0 spiro atoms. The molecule has 0 heterocycles. The van der Waals surface area contributed by atoms with Crippen molar-refractivity contribution >= 4 is 0 Å². The molecule has 3 aromatic carbocycles. The van der Waals surface area contributed by atoms with Gasteiger partial charge in [-0.05, 0) is 34.2 Å². The number of allylic oxidation sites excluding steroid dienone is 6. The molecule has 1 aliphatic carbocycles. The van der Waals surface area contributed by atoms with Gasteiger partial charge in [-0.2, -0.15) is 0 Å². The third-order valence-electron chi connectivity index (χ3n) is 4.66. The minimum absolute atomic E-state index is 0.928. The monoisotopic (exact) mass is 333 g/mol. The minimum Gasteiger partial charge on any atom is -0.0622 e. The fraction of sp³-hybridized carbons (Fsp3) is 0.0769. The summed E-state index contributed by atoms with van der Waals surface area (Å²) in [5, 5.41) is 0. The van der Waals surface area contributed by atoms with Crippen LogP contribution in [0.3, 0.4) is 0 Å². The molecule has 0 unspecified atom stereocenters. The predicted molar refractivity (Wildman–Crippen MR) is 110 cm³/mol. The molecule has 124 valence electrons. The van der Waals surface area contributed by atoms with Crippen molar-refractivity contribution < 1.29 is 0 Å². The molecule has 1 aliphatic rings. The molecule has 0 aliphatic heterocycles. The molecule has 4 rings (SSSR count). The Morgan fingerprint density at radius 3 is 1.69 bits per heavy atom. The van der Waals surface area contributed by atoms with E-state index in [2.05, 4.69) is 97.1 Å². The van der Waals surface area contributed by atoms with Crippen LogP contribution in [-0.4, -0.2) is 0 Å². The van der Waals surface area contributed by atoms with Gasteiger partial charge in [0.05, 0.1) is 6.08 Å². The molecule has 0 N–H and O–H groups in total. The first-order valence-corrected chi connectivity index (χ1v) is 9.04. The Labute approximate surface area is 155 Å². The molecule has 0 nitrogen and oxygen atoms in total. The average Bonchev–Trinajstić information content (AvgIpc) is 2.71. The van der Waals surface area contributed by atoms with Crippen LogP contribution in [0.4, 0.5) is 0 Å². The summed E-state index contributed by atoms with van der Waals surface area (Å²) in [4.78, 5) is 0. The van der Waals surface area contributed by atoms with Gasteiger partial charge in [-0.15, -0.1) is 0 Å². The molecule has 0 atom stereocenters. The fourth-order valence-electron chi connectivity index (χ4n) is 3.22. The van der Waals surface area contributed by atoms with Gasteiger partial charge >= 0.3 is 0 Å². The third-order valence-corrected chi connectivity index (χ3v) is 4.66. The summed E-state index contributed by atoms with van der Waals surface area (Å²) < 4.78 is 0. The molecular formula is C26H21+. The Kier molecular flexibility index (Phi) is 4.87. The van der Waals surface area contributed by atoms with E-state index >= 15 is 0 Å². The molecule has 0 fully saturated rings. The van der Waals surface area contributed by atoms with Crippen molar-refractivity contribution in [2.24, 2.45) is 0 Å². The van der Waals surface area contributed by atoms with Gasteiger partial charge in [0.15, 0.2) is 0 Å². The van der Waals surface area contributed by atoms with Crippen LogP contribution in [-0.2, 0) is 12.8 Å². The molecule has 0 amide bonds. The van der Waals surface area contributed by atoms with Gasteiger partial charge < -0.3 is 0 Å². The lowest BCUT2D eigenvalue weighted by molar-refractivity contribution is 1.18. The van der Waals surface area contributed by atoms with E-state index in [1.54, 1.807) is 0 Å². The van der Waals surface area contributed by atoms with Crippen LogP contribution < -0.4 is 0 Å². The topological polar surface area (TPSA) is 0 Å². The predicted octanol–water partition coefficient (Wildman–Crippen LogP) is 6.34. The quantitative estimate of drug-likeness (QED) is 0.478. The summed E-state index contributed by atoms with van der Waals surface area (Å²) in [5.41, 5.74) is 7.76. The van der Waals surface area contributed by atoms with Gasteiger partial charge in [-0.3, -0.25) is 0 Å². The van der Waals surface area contributed by atoms with Crippen LogP contribution in [0.5, 0.6) is 0 Å². The highest BCUT2D eigenvalue weighted by molar-refractivity contribution is 5.64. The van der Waals surface area contributed by atoms with E-state index < -0.39 is 0 Å².